The number of rotatable bonds is 24. The lowest BCUT2D eigenvalue weighted by atomic mass is 9.86. The third-order valence-corrected chi connectivity index (χ3v) is 12.5. The number of ketones is 1. The minimum atomic E-state index is -0.227. The first-order chi connectivity index (χ1) is 29.7. The number of hydrogen-bond acceptors (Lipinski definition) is 6. The van der Waals surface area contributed by atoms with Crippen molar-refractivity contribution in [3.63, 3.8) is 0 Å². The highest BCUT2D eigenvalue weighted by Crippen LogP contribution is 2.41. The van der Waals surface area contributed by atoms with E-state index in [2.05, 4.69) is 137 Å². The second-order valence-electron chi connectivity index (χ2n) is 18.9. The maximum Gasteiger partial charge on any atom is 0.306 e. The number of esters is 2. The number of Topliss-reactive ketones (excluding diaryl/α,β-unsaturated/α-hetero) is 1. The zero-order valence-electron chi connectivity index (χ0n) is 39.6. The molecule has 0 bridgehead atoms. The Kier molecular flexibility index (Phi) is 24.8. The van der Waals surface area contributed by atoms with E-state index in [-0.39, 0.29) is 42.1 Å². The van der Waals surface area contributed by atoms with Crippen molar-refractivity contribution in [2.24, 2.45) is 47.3 Å². The smallest absolute Gasteiger partial charge is 0.306 e. The van der Waals surface area contributed by atoms with Gasteiger partial charge < -0.3 is 14.6 Å². The van der Waals surface area contributed by atoms with Gasteiger partial charge in [0, 0.05) is 25.2 Å². The summed E-state index contributed by atoms with van der Waals surface area (Å²) in [6.45, 7) is 16.5. The van der Waals surface area contributed by atoms with Crippen LogP contribution < -0.4 is 0 Å². The number of aliphatic hydroxyl groups is 1. The Hall–Kier alpha value is -4.03. The van der Waals surface area contributed by atoms with E-state index in [1.54, 1.807) is 0 Å². The second kappa shape index (κ2) is 29.4. The van der Waals surface area contributed by atoms with Crippen LogP contribution in [0.2, 0.25) is 0 Å². The Labute approximate surface area is 376 Å². The van der Waals surface area contributed by atoms with Crippen molar-refractivity contribution in [1.29, 1.82) is 0 Å². The molecule has 4 unspecified atom stereocenters. The molecule has 2 aliphatic rings. The lowest BCUT2D eigenvalue weighted by Crippen LogP contribution is -2.18. The number of benzene rings is 2. The van der Waals surface area contributed by atoms with Crippen molar-refractivity contribution in [3.8, 4) is 0 Å². The molecule has 2 saturated carbocycles. The largest absolute Gasteiger partial charge is 0.463 e. The zero-order chi connectivity index (χ0) is 45.3. The van der Waals surface area contributed by atoms with E-state index in [1.807, 2.05) is 27.7 Å². The fourth-order valence-corrected chi connectivity index (χ4v) is 8.88. The normalized spacial score (nSPS) is 23.8. The van der Waals surface area contributed by atoms with Crippen LogP contribution in [0.4, 0.5) is 0 Å². The van der Waals surface area contributed by atoms with Crippen molar-refractivity contribution in [2.45, 2.75) is 164 Å². The summed E-state index contributed by atoms with van der Waals surface area (Å²) in [5.74, 6) is 3.25. The third kappa shape index (κ3) is 20.9. The van der Waals surface area contributed by atoms with Crippen LogP contribution in [0.1, 0.15) is 144 Å². The predicted molar refractivity (Wildman–Crippen MR) is 256 cm³/mol. The second-order valence-corrected chi connectivity index (χ2v) is 18.9. The Bertz CT molecular complexity index is 1670. The number of aliphatic hydroxyl groups excluding tert-OH is 1. The molecular weight excluding hydrogens is 769 g/mol. The number of allylic oxidation sites excluding steroid dienone is 8. The molecule has 6 heteroatoms. The Morgan fingerprint density at radius 1 is 0.661 bits per heavy atom. The maximum atomic E-state index is 12.5. The fourth-order valence-electron chi connectivity index (χ4n) is 8.88. The lowest BCUT2D eigenvalue weighted by Gasteiger charge is -2.20. The van der Waals surface area contributed by atoms with Gasteiger partial charge in [0.2, 0.25) is 0 Å². The minimum Gasteiger partial charge on any atom is -0.463 e. The van der Waals surface area contributed by atoms with Gasteiger partial charge in [-0.3, -0.25) is 14.4 Å². The number of aryl methyl sites for hydroxylation is 2. The van der Waals surface area contributed by atoms with Gasteiger partial charge in [0.15, 0.2) is 0 Å². The molecule has 0 aliphatic heterocycles. The van der Waals surface area contributed by atoms with E-state index in [4.69, 9.17) is 9.47 Å². The first kappa shape index (κ1) is 52.3. The summed E-state index contributed by atoms with van der Waals surface area (Å²) >= 11 is 0. The van der Waals surface area contributed by atoms with Gasteiger partial charge in [0.25, 0.3) is 0 Å². The van der Waals surface area contributed by atoms with Gasteiger partial charge in [-0.25, -0.2) is 0 Å². The van der Waals surface area contributed by atoms with E-state index in [9.17, 15) is 19.5 Å². The standard InChI is InChI=1S/C28H42O3.C28H40O3/c2*1-21(2)31-28(30)15-11-6-5-10-14-26-25(23(4)20-27(26)29)19-17-22(3)16-18-24-12-8-7-9-13-24/h5,7-10,12-13,17,19,21-23,25-27,29H,6,11,14-16,18,20H2,1-4H3;5,7-10,12-13,17,19,21-23,25-26H,6,11,14-16,18,20H2,1-4H3/b2*10-5-,19-17+/t22?,23?,25-,26+,27-;22?,23?,25-,26+/m00/s1. The lowest BCUT2D eigenvalue weighted by molar-refractivity contribution is -0.148. The van der Waals surface area contributed by atoms with Crippen LogP contribution in [0.15, 0.2) is 109 Å². The molecule has 6 nitrogen and oxygen atoms in total. The zero-order valence-corrected chi connectivity index (χ0v) is 39.6. The molecule has 9 atom stereocenters. The molecule has 0 aromatic heterocycles. The summed E-state index contributed by atoms with van der Waals surface area (Å²) < 4.78 is 10.3. The summed E-state index contributed by atoms with van der Waals surface area (Å²) in [4.78, 5) is 35.7. The van der Waals surface area contributed by atoms with Crippen molar-refractivity contribution >= 4 is 17.7 Å². The van der Waals surface area contributed by atoms with Crippen LogP contribution in [-0.2, 0) is 36.7 Å². The molecule has 62 heavy (non-hydrogen) atoms. The molecule has 0 radical (unpaired) electrons. The quantitative estimate of drug-likeness (QED) is 0.0643. The van der Waals surface area contributed by atoms with Crippen molar-refractivity contribution in [3.05, 3.63) is 120 Å². The molecular formula is C56H82O6. The maximum absolute atomic E-state index is 12.5. The van der Waals surface area contributed by atoms with Gasteiger partial charge in [-0.15, -0.1) is 0 Å². The number of carbonyl (C=O) groups is 3. The fraction of sp³-hybridized carbons (Fsp3) is 0.589. The Balaban J connectivity index is 0.000000330. The number of ether oxygens (including phenoxy) is 2. The van der Waals surface area contributed by atoms with Gasteiger partial charge in [-0.1, -0.05) is 137 Å². The average molecular weight is 851 g/mol. The number of unbranched alkanes of at least 4 members (excludes halogenated alkanes) is 2. The van der Waals surface area contributed by atoms with Gasteiger partial charge in [0.1, 0.15) is 5.78 Å². The summed E-state index contributed by atoms with van der Waals surface area (Å²) in [6.07, 6.45) is 29.6. The topological polar surface area (TPSA) is 89.9 Å². The van der Waals surface area contributed by atoms with Crippen LogP contribution in [-0.4, -0.2) is 41.1 Å². The van der Waals surface area contributed by atoms with Gasteiger partial charge in [-0.05, 0) is 151 Å². The van der Waals surface area contributed by atoms with Crippen LogP contribution in [0.3, 0.4) is 0 Å². The molecule has 2 fully saturated rings. The van der Waals surface area contributed by atoms with Crippen molar-refractivity contribution < 1.29 is 29.0 Å². The first-order valence-corrected chi connectivity index (χ1v) is 24.1. The first-order valence-electron chi connectivity index (χ1n) is 24.1. The molecule has 0 spiro atoms. The van der Waals surface area contributed by atoms with Crippen LogP contribution >= 0.6 is 0 Å². The van der Waals surface area contributed by atoms with E-state index < -0.39 is 0 Å². The van der Waals surface area contributed by atoms with Crippen LogP contribution in [0.5, 0.6) is 0 Å². The monoisotopic (exact) mass is 851 g/mol. The summed E-state index contributed by atoms with van der Waals surface area (Å²) in [5.41, 5.74) is 2.78. The Morgan fingerprint density at radius 2 is 1.13 bits per heavy atom. The number of hydrogen-bond donors (Lipinski definition) is 1. The van der Waals surface area contributed by atoms with Gasteiger partial charge in [-0.2, -0.15) is 0 Å². The van der Waals surface area contributed by atoms with Crippen LogP contribution in [0.25, 0.3) is 0 Å². The summed E-state index contributed by atoms with van der Waals surface area (Å²) in [5, 5.41) is 10.6. The number of carbonyl (C=O) groups excluding carboxylic acids is 3. The molecule has 4 rings (SSSR count). The SMILES string of the molecule is CC(/C=C/[C@H]1C(C)CC(=O)[C@@H]1C/C=C\CCCC(=O)OC(C)C)CCc1ccccc1.CC(/C=C/[C@H]1C(C)C[C@H](O)[C@@H]1C/C=C\CCCC(=O)OC(C)C)CCc1ccccc1. The van der Waals surface area contributed by atoms with Crippen molar-refractivity contribution in [1.82, 2.24) is 0 Å². The molecule has 2 aromatic carbocycles. The highest BCUT2D eigenvalue weighted by Gasteiger charge is 2.38. The highest BCUT2D eigenvalue weighted by molar-refractivity contribution is 5.84. The van der Waals surface area contributed by atoms with E-state index in [0.717, 1.165) is 70.6 Å². The predicted octanol–water partition coefficient (Wildman–Crippen LogP) is 13.2. The summed E-state index contributed by atoms with van der Waals surface area (Å²) in [7, 11) is 0. The van der Waals surface area contributed by atoms with Crippen molar-refractivity contribution in [2.75, 3.05) is 0 Å². The van der Waals surface area contributed by atoms with E-state index in [1.165, 1.54) is 11.1 Å². The van der Waals surface area contributed by atoms with Gasteiger partial charge >= 0.3 is 11.9 Å². The molecule has 0 amide bonds. The highest BCUT2D eigenvalue weighted by atomic mass is 16.5. The minimum absolute atomic E-state index is 0.0417. The molecule has 342 valence electrons. The summed E-state index contributed by atoms with van der Waals surface area (Å²) in [6, 6.07) is 21.3. The molecule has 1 N–H and O–H groups in total. The third-order valence-electron chi connectivity index (χ3n) is 12.5. The van der Waals surface area contributed by atoms with Gasteiger partial charge in [0.05, 0.1) is 18.3 Å². The molecule has 2 aromatic rings. The average Bonchev–Trinajstić information content (AvgIpc) is 3.66. The Morgan fingerprint density at radius 3 is 1.61 bits per heavy atom. The molecule has 0 heterocycles. The van der Waals surface area contributed by atoms with E-state index >= 15 is 0 Å². The molecule has 2 aliphatic carbocycles. The van der Waals surface area contributed by atoms with Crippen LogP contribution in [0, 0.1) is 47.3 Å². The molecule has 0 saturated heterocycles. The van der Waals surface area contributed by atoms with E-state index in [0.29, 0.717) is 60.6 Å².